The fourth-order valence-electron chi connectivity index (χ4n) is 4.72. The summed E-state index contributed by atoms with van der Waals surface area (Å²) in [6.07, 6.45) is 4.03. The fourth-order valence-corrected chi connectivity index (χ4v) is 5.13. The number of aromatic nitrogens is 1. The third kappa shape index (κ3) is 6.38. The van der Waals surface area contributed by atoms with Crippen molar-refractivity contribution in [2.45, 2.75) is 45.3 Å². The molecule has 4 rings (SSSR count). The van der Waals surface area contributed by atoms with Crippen LogP contribution < -0.4 is 10.2 Å². The first kappa shape index (κ1) is 24.3. The molecule has 1 aromatic carbocycles. The predicted molar refractivity (Wildman–Crippen MR) is 135 cm³/mol. The molecule has 0 saturated carbocycles. The molecule has 1 amide bonds. The Morgan fingerprint density at radius 1 is 1.06 bits per heavy atom. The van der Waals surface area contributed by atoms with Crippen molar-refractivity contribution < 1.29 is 4.79 Å². The Morgan fingerprint density at radius 2 is 1.73 bits per heavy atom. The Labute approximate surface area is 206 Å². The lowest BCUT2D eigenvalue weighted by molar-refractivity contribution is 0.0942. The lowest BCUT2D eigenvalue weighted by atomic mass is 10.0. The Morgan fingerprint density at radius 3 is 2.33 bits per heavy atom. The molecule has 0 unspecified atom stereocenters. The van der Waals surface area contributed by atoms with E-state index in [0.717, 1.165) is 56.7 Å². The van der Waals surface area contributed by atoms with Gasteiger partial charge < -0.3 is 10.2 Å². The molecule has 0 radical (unpaired) electrons. The zero-order valence-corrected chi connectivity index (χ0v) is 20.9. The molecular formula is C25H33Cl2N5O. The molecule has 1 aromatic heterocycles. The molecule has 0 aliphatic carbocycles. The number of hydrogen-bond acceptors (Lipinski definition) is 5. The van der Waals surface area contributed by atoms with Crippen LogP contribution in [0.3, 0.4) is 0 Å². The second-order valence-corrected chi connectivity index (χ2v) is 10.2. The minimum absolute atomic E-state index is 0.0772. The molecule has 0 bridgehead atoms. The summed E-state index contributed by atoms with van der Waals surface area (Å²) in [5.41, 5.74) is 1.82. The molecule has 0 spiro atoms. The minimum atomic E-state index is -0.141. The highest BCUT2D eigenvalue weighted by Gasteiger charge is 2.28. The molecule has 33 heavy (non-hydrogen) atoms. The number of hydrogen-bond donors (Lipinski definition) is 1. The van der Waals surface area contributed by atoms with Crippen LogP contribution in [0.5, 0.6) is 0 Å². The van der Waals surface area contributed by atoms with Crippen molar-refractivity contribution in [1.29, 1.82) is 0 Å². The van der Waals surface area contributed by atoms with Crippen molar-refractivity contribution in [2.75, 3.05) is 44.2 Å². The number of carbonyl (C=O) groups excluding carboxylic acids is 1. The Hall–Kier alpha value is -1.86. The fraction of sp³-hybridized carbons (Fsp3) is 0.520. The maximum absolute atomic E-state index is 12.2. The van der Waals surface area contributed by atoms with Crippen molar-refractivity contribution in [3.05, 3.63) is 57.7 Å². The van der Waals surface area contributed by atoms with Gasteiger partial charge in [-0.1, -0.05) is 35.3 Å². The van der Waals surface area contributed by atoms with Crippen LogP contribution in [0, 0.1) is 0 Å². The molecule has 2 saturated heterocycles. The van der Waals surface area contributed by atoms with Gasteiger partial charge in [-0.15, -0.1) is 0 Å². The van der Waals surface area contributed by atoms with Gasteiger partial charge in [-0.25, -0.2) is 4.98 Å². The Bertz CT molecular complexity index is 936. The summed E-state index contributed by atoms with van der Waals surface area (Å²) in [5, 5.41) is 4.21. The molecule has 1 N–H and O–H groups in total. The number of benzene rings is 1. The van der Waals surface area contributed by atoms with E-state index in [-0.39, 0.29) is 11.9 Å². The van der Waals surface area contributed by atoms with E-state index in [1.165, 1.54) is 18.4 Å². The average Bonchev–Trinajstić information content (AvgIpc) is 2.81. The minimum Gasteiger partial charge on any atom is -0.353 e. The van der Waals surface area contributed by atoms with Crippen LogP contribution in [0.1, 0.15) is 42.6 Å². The van der Waals surface area contributed by atoms with Gasteiger partial charge in [0, 0.05) is 56.0 Å². The highest BCUT2D eigenvalue weighted by molar-refractivity contribution is 6.33. The van der Waals surface area contributed by atoms with Crippen LogP contribution in [0.4, 0.5) is 5.82 Å². The van der Waals surface area contributed by atoms with Gasteiger partial charge in [-0.3, -0.25) is 14.6 Å². The van der Waals surface area contributed by atoms with Crippen molar-refractivity contribution in [3.8, 4) is 0 Å². The lowest BCUT2D eigenvalue weighted by Gasteiger charge is -2.43. The highest BCUT2D eigenvalue weighted by Crippen LogP contribution is 2.27. The van der Waals surface area contributed by atoms with Gasteiger partial charge in [-0.2, -0.15) is 0 Å². The molecule has 3 heterocycles. The van der Waals surface area contributed by atoms with Crippen molar-refractivity contribution >= 4 is 34.9 Å². The maximum atomic E-state index is 12.2. The largest absolute Gasteiger partial charge is 0.353 e. The van der Waals surface area contributed by atoms with Crippen molar-refractivity contribution in [3.63, 3.8) is 0 Å². The summed E-state index contributed by atoms with van der Waals surface area (Å²) in [5.74, 6) is 0.633. The lowest BCUT2D eigenvalue weighted by Crippen LogP contribution is -2.53. The van der Waals surface area contributed by atoms with E-state index < -0.39 is 0 Å². The molecule has 6 nitrogen and oxygen atoms in total. The van der Waals surface area contributed by atoms with Gasteiger partial charge in [0.2, 0.25) is 0 Å². The monoisotopic (exact) mass is 489 g/mol. The third-order valence-electron chi connectivity index (χ3n) is 6.51. The Balaban J connectivity index is 1.25. The SMILES string of the molecule is CC(C)NC(=O)c1cnc(N2CCN(C3CCN(Cc4ccc(Cl)cc4)CC3)CC2)c(Cl)c1. The van der Waals surface area contributed by atoms with E-state index in [1.807, 2.05) is 26.0 Å². The number of pyridine rings is 1. The number of nitrogens with zero attached hydrogens (tertiary/aromatic N) is 4. The van der Waals surface area contributed by atoms with E-state index in [0.29, 0.717) is 16.6 Å². The molecule has 8 heteroatoms. The number of rotatable bonds is 6. The number of anilines is 1. The topological polar surface area (TPSA) is 51.7 Å². The van der Waals surface area contributed by atoms with Gasteiger partial charge in [0.1, 0.15) is 5.82 Å². The van der Waals surface area contributed by atoms with Crippen LogP contribution in [0.2, 0.25) is 10.0 Å². The number of piperidine rings is 1. The maximum Gasteiger partial charge on any atom is 0.253 e. The first-order valence-corrected chi connectivity index (χ1v) is 12.6. The zero-order valence-electron chi connectivity index (χ0n) is 19.4. The van der Waals surface area contributed by atoms with E-state index in [9.17, 15) is 4.79 Å². The summed E-state index contributed by atoms with van der Waals surface area (Å²) < 4.78 is 0. The predicted octanol–water partition coefficient (Wildman–Crippen LogP) is 4.31. The van der Waals surface area contributed by atoms with Crippen molar-refractivity contribution in [1.82, 2.24) is 20.1 Å². The number of halogens is 2. The van der Waals surface area contributed by atoms with Gasteiger partial charge in [0.05, 0.1) is 10.6 Å². The number of nitrogens with one attached hydrogen (secondary N) is 1. The number of amides is 1. The van der Waals surface area contributed by atoms with Crippen LogP contribution >= 0.6 is 23.2 Å². The third-order valence-corrected chi connectivity index (χ3v) is 7.04. The molecule has 2 aliphatic heterocycles. The first-order valence-electron chi connectivity index (χ1n) is 11.8. The zero-order chi connectivity index (χ0) is 23.4. The van der Waals surface area contributed by atoms with E-state index in [1.54, 1.807) is 12.3 Å². The number of carbonyl (C=O) groups is 1. The molecule has 2 fully saturated rings. The second-order valence-electron chi connectivity index (χ2n) is 9.31. The van der Waals surface area contributed by atoms with Crippen LogP contribution in [0.15, 0.2) is 36.5 Å². The Kier molecular flexibility index (Phi) is 8.12. The number of piperazine rings is 1. The summed E-state index contributed by atoms with van der Waals surface area (Å²) in [6.45, 7) is 10.9. The smallest absolute Gasteiger partial charge is 0.253 e. The summed E-state index contributed by atoms with van der Waals surface area (Å²) in [6, 6.07) is 10.6. The average molecular weight is 490 g/mol. The number of likely N-dealkylation sites (tertiary alicyclic amines) is 1. The van der Waals surface area contributed by atoms with Gasteiger partial charge in [0.15, 0.2) is 0 Å². The molecule has 2 aromatic rings. The van der Waals surface area contributed by atoms with Crippen LogP contribution in [-0.4, -0.2) is 72.0 Å². The first-order chi connectivity index (χ1) is 15.9. The van der Waals surface area contributed by atoms with Gasteiger partial charge >= 0.3 is 0 Å². The van der Waals surface area contributed by atoms with E-state index in [2.05, 4.69) is 37.1 Å². The highest BCUT2D eigenvalue weighted by atomic mass is 35.5. The quantitative estimate of drug-likeness (QED) is 0.654. The summed E-state index contributed by atoms with van der Waals surface area (Å²) in [4.78, 5) is 24.1. The second kappa shape index (κ2) is 11.0. The molecule has 2 aliphatic rings. The van der Waals surface area contributed by atoms with E-state index >= 15 is 0 Å². The van der Waals surface area contributed by atoms with Gasteiger partial charge in [0.25, 0.3) is 5.91 Å². The molecule has 0 atom stereocenters. The normalized spacial score (nSPS) is 18.6. The van der Waals surface area contributed by atoms with Crippen LogP contribution in [0.25, 0.3) is 0 Å². The standard InChI is InChI=1S/C25H33Cl2N5O/c1-18(2)29-25(33)20-15-23(27)24(28-16-20)32-13-11-31(12-14-32)22-7-9-30(10-8-22)17-19-3-5-21(26)6-4-19/h3-6,15-16,18,22H,7-14,17H2,1-2H3,(H,29,33). The van der Waals surface area contributed by atoms with Crippen molar-refractivity contribution in [2.24, 2.45) is 0 Å². The summed E-state index contributed by atoms with van der Waals surface area (Å²) >= 11 is 12.5. The van der Waals surface area contributed by atoms with Crippen LogP contribution in [-0.2, 0) is 6.54 Å². The molecule has 178 valence electrons. The van der Waals surface area contributed by atoms with Gasteiger partial charge in [-0.05, 0) is 63.5 Å². The summed E-state index contributed by atoms with van der Waals surface area (Å²) in [7, 11) is 0. The molecular weight excluding hydrogens is 457 g/mol. The van der Waals surface area contributed by atoms with E-state index in [4.69, 9.17) is 23.2 Å².